The van der Waals surface area contributed by atoms with E-state index in [0.717, 1.165) is 0 Å². The molecule has 0 saturated carbocycles. The molecule has 0 unspecified atom stereocenters. The molecule has 1 heterocycles. The van der Waals surface area contributed by atoms with Crippen molar-refractivity contribution in [1.29, 1.82) is 0 Å². The molecule has 5 heteroatoms. The highest BCUT2D eigenvalue weighted by Gasteiger charge is 2.23. The summed E-state index contributed by atoms with van der Waals surface area (Å²) >= 11 is 0. The lowest BCUT2D eigenvalue weighted by atomic mass is 10.0. The van der Waals surface area contributed by atoms with Crippen LogP contribution in [0.15, 0.2) is 79.1 Å². The van der Waals surface area contributed by atoms with Gasteiger partial charge in [-0.3, -0.25) is 9.59 Å². The summed E-state index contributed by atoms with van der Waals surface area (Å²) in [6.07, 6.45) is 3.34. The Hall–Kier alpha value is -3.34. The van der Waals surface area contributed by atoms with Crippen molar-refractivity contribution in [3.63, 3.8) is 0 Å². The van der Waals surface area contributed by atoms with Gasteiger partial charge in [0.2, 0.25) is 6.04 Å². The number of ketones is 1. The highest BCUT2D eigenvalue weighted by Crippen LogP contribution is 2.14. The van der Waals surface area contributed by atoms with Gasteiger partial charge in [0.1, 0.15) is 5.82 Å². The Morgan fingerprint density at radius 3 is 2.12 bits per heavy atom. The Bertz CT molecular complexity index is 924. The van der Waals surface area contributed by atoms with E-state index in [0.29, 0.717) is 11.1 Å². The van der Waals surface area contributed by atoms with Crippen LogP contribution in [0.25, 0.3) is 0 Å². The van der Waals surface area contributed by atoms with E-state index in [2.05, 4.69) is 5.32 Å². The second-order valence-corrected chi connectivity index (χ2v) is 5.87. The monoisotopic (exact) mass is 349 g/mol. The van der Waals surface area contributed by atoms with Crippen molar-refractivity contribution in [3.05, 3.63) is 96.1 Å². The van der Waals surface area contributed by atoms with Crippen LogP contribution in [0.3, 0.4) is 0 Å². The van der Waals surface area contributed by atoms with Crippen LogP contribution in [0.1, 0.15) is 28.9 Å². The first kappa shape index (κ1) is 17.5. The molecule has 130 valence electrons. The Kier molecular flexibility index (Phi) is 5.17. The average molecular weight is 349 g/mol. The quantitative estimate of drug-likeness (QED) is 0.566. The van der Waals surface area contributed by atoms with E-state index in [1.54, 1.807) is 60.3 Å². The summed E-state index contributed by atoms with van der Waals surface area (Å²) in [5.74, 6) is -0.912. The molecule has 0 aliphatic rings. The first-order chi connectivity index (χ1) is 12.6. The standard InChI is InChI=1S/C21H17FN2O2/c1-15(21(26)23-19-10-6-5-9-18(19)22)24-13-11-17(12-14-24)20(25)16-7-3-2-4-8-16/h2-15H,1H3/p+1/t15-/m0/s1. The molecule has 26 heavy (non-hydrogen) atoms. The van der Waals surface area contributed by atoms with Crippen molar-refractivity contribution >= 4 is 17.4 Å². The number of halogens is 1. The minimum absolute atomic E-state index is 0.0822. The molecule has 1 atom stereocenters. The molecule has 1 N–H and O–H groups in total. The molecule has 0 aliphatic heterocycles. The van der Waals surface area contributed by atoms with E-state index in [1.807, 2.05) is 18.2 Å². The van der Waals surface area contributed by atoms with Crippen molar-refractivity contribution in [1.82, 2.24) is 0 Å². The topological polar surface area (TPSA) is 50.1 Å². The summed E-state index contributed by atoms with van der Waals surface area (Å²) < 4.78 is 15.3. The zero-order valence-corrected chi connectivity index (χ0v) is 14.2. The Morgan fingerprint density at radius 1 is 0.885 bits per heavy atom. The second kappa shape index (κ2) is 7.70. The van der Waals surface area contributed by atoms with Crippen LogP contribution in [0.4, 0.5) is 10.1 Å². The molecule has 0 bridgehead atoms. The Balaban J connectivity index is 1.72. The van der Waals surface area contributed by atoms with Crippen molar-refractivity contribution in [2.75, 3.05) is 5.32 Å². The van der Waals surface area contributed by atoms with Gasteiger partial charge in [-0.25, -0.2) is 4.39 Å². The van der Waals surface area contributed by atoms with Gasteiger partial charge in [-0.15, -0.1) is 0 Å². The van der Waals surface area contributed by atoms with Crippen LogP contribution >= 0.6 is 0 Å². The van der Waals surface area contributed by atoms with Crippen LogP contribution in [0.5, 0.6) is 0 Å². The summed E-state index contributed by atoms with van der Waals surface area (Å²) in [4.78, 5) is 24.7. The van der Waals surface area contributed by atoms with E-state index >= 15 is 0 Å². The van der Waals surface area contributed by atoms with E-state index in [1.165, 1.54) is 12.1 Å². The summed E-state index contributed by atoms with van der Waals surface area (Å²) in [5.41, 5.74) is 1.28. The number of anilines is 1. The van der Waals surface area contributed by atoms with E-state index in [4.69, 9.17) is 0 Å². The lowest BCUT2D eigenvalue weighted by molar-refractivity contribution is -0.705. The molecule has 2 aromatic carbocycles. The first-order valence-electron chi connectivity index (χ1n) is 8.22. The highest BCUT2D eigenvalue weighted by molar-refractivity contribution is 6.08. The average Bonchev–Trinajstić information content (AvgIpc) is 2.69. The maximum absolute atomic E-state index is 13.7. The molecule has 0 spiro atoms. The third-order valence-corrected chi connectivity index (χ3v) is 4.11. The van der Waals surface area contributed by atoms with E-state index < -0.39 is 11.9 Å². The van der Waals surface area contributed by atoms with Crippen LogP contribution in [-0.4, -0.2) is 11.7 Å². The lowest BCUT2D eigenvalue weighted by Gasteiger charge is -2.09. The minimum atomic E-state index is -0.560. The zero-order valence-electron chi connectivity index (χ0n) is 14.2. The largest absolute Gasteiger partial charge is 0.318 e. The number of pyridine rings is 1. The molecule has 3 aromatic rings. The van der Waals surface area contributed by atoms with Gasteiger partial charge in [-0.1, -0.05) is 42.5 Å². The number of nitrogens with one attached hydrogen (secondary N) is 1. The third kappa shape index (κ3) is 3.83. The van der Waals surface area contributed by atoms with Gasteiger partial charge in [0.25, 0.3) is 5.91 Å². The van der Waals surface area contributed by atoms with Crippen LogP contribution in [0.2, 0.25) is 0 Å². The molecular formula is C21H18FN2O2+. The van der Waals surface area contributed by atoms with Gasteiger partial charge >= 0.3 is 0 Å². The van der Waals surface area contributed by atoms with Gasteiger partial charge in [-0.05, 0) is 12.1 Å². The molecule has 0 radical (unpaired) electrons. The minimum Gasteiger partial charge on any atom is -0.318 e. The predicted molar refractivity (Wildman–Crippen MR) is 96.3 cm³/mol. The molecule has 1 amide bonds. The van der Waals surface area contributed by atoms with Gasteiger partial charge in [0.05, 0.1) is 5.69 Å². The van der Waals surface area contributed by atoms with Crippen LogP contribution in [-0.2, 0) is 4.79 Å². The maximum Gasteiger partial charge on any atom is 0.293 e. The first-order valence-corrected chi connectivity index (χ1v) is 8.22. The number of hydrogen-bond donors (Lipinski definition) is 1. The fraction of sp³-hybridized carbons (Fsp3) is 0.0952. The number of nitrogens with zero attached hydrogens (tertiary/aromatic N) is 1. The summed E-state index contributed by atoms with van der Waals surface area (Å²) in [5, 5.41) is 2.57. The SMILES string of the molecule is C[C@@H](C(=O)Nc1ccccc1F)[n+]1ccc(C(=O)c2ccccc2)cc1. The molecule has 0 aliphatic carbocycles. The number of benzene rings is 2. The molecule has 3 rings (SSSR count). The lowest BCUT2D eigenvalue weighted by Crippen LogP contribution is -2.44. The third-order valence-electron chi connectivity index (χ3n) is 4.11. The van der Waals surface area contributed by atoms with Crippen molar-refractivity contribution in [3.8, 4) is 0 Å². The number of carbonyl (C=O) groups excluding carboxylic acids is 2. The van der Waals surface area contributed by atoms with Crippen molar-refractivity contribution < 1.29 is 18.5 Å². The Morgan fingerprint density at radius 2 is 1.46 bits per heavy atom. The number of carbonyl (C=O) groups is 2. The van der Waals surface area contributed by atoms with Gasteiger partial charge < -0.3 is 5.32 Å². The molecular weight excluding hydrogens is 331 g/mol. The fourth-order valence-electron chi connectivity index (χ4n) is 2.54. The van der Waals surface area contributed by atoms with Gasteiger partial charge in [0, 0.05) is 30.2 Å². The summed E-state index contributed by atoms with van der Waals surface area (Å²) in [6.45, 7) is 1.70. The highest BCUT2D eigenvalue weighted by atomic mass is 19.1. The summed E-state index contributed by atoms with van der Waals surface area (Å²) in [7, 11) is 0. The molecule has 0 saturated heterocycles. The number of amides is 1. The number of rotatable bonds is 5. The smallest absolute Gasteiger partial charge is 0.293 e. The number of aromatic nitrogens is 1. The van der Waals surface area contributed by atoms with Crippen LogP contribution < -0.4 is 9.88 Å². The van der Waals surface area contributed by atoms with E-state index in [-0.39, 0.29) is 17.4 Å². The maximum atomic E-state index is 13.7. The summed E-state index contributed by atoms with van der Waals surface area (Å²) in [6, 6.07) is 17.8. The Labute approximate surface area is 150 Å². The molecule has 1 aromatic heterocycles. The zero-order chi connectivity index (χ0) is 18.5. The number of para-hydroxylation sites is 1. The fourth-order valence-corrected chi connectivity index (χ4v) is 2.54. The molecule has 0 fully saturated rings. The van der Waals surface area contributed by atoms with E-state index in [9.17, 15) is 14.0 Å². The number of hydrogen-bond acceptors (Lipinski definition) is 2. The predicted octanol–water partition coefficient (Wildman–Crippen LogP) is 3.54. The van der Waals surface area contributed by atoms with Crippen molar-refractivity contribution in [2.24, 2.45) is 0 Å². The second-order valence-electron chi connectivity index (χ2n) is 5.87. The normalized spacial score (nSPS) is 11.6. The van der Waals surface area contributed by atoms with Gasteiger partial charge in [-0.2, -0.15) is 4.57 Å². The van der Waals surface area contributed by atoms with Crippen molar-refractivity contribution in [2.45, 2.75) is 13.0 Å². The van der Waals surface area contributed by atoms with Gasteiger partial charge in [0.15, 0.2) is 18.2 Å². The van der Waals surface area contributed by atoms with Crippen LogP contribution in [0, 0.1) is 5.82 Å². The molecule has 4 nitrogen and oxygen atoms in total.